The second kappa shape index (κ2) is 8.18. The third-order valence-corrected chi connectivity index (χ3v) is 3.19. The van der Waals surface area contributed by atoms with Crippen molar-refractivity contribution in [1.29, 1.82) is 0 Å². The molecule has 0 aliphatic carbocycles. The Bertz CT molecular complexity index is 672. The number of hydrogen-bond acceptors (Lipinski definition) is 2. The molecule has 0 saturated heterocycles. The maximum atomic E-state index is 12.0. The Morgan fingerprint density at radius 2 is 1.91 bits per heavy atom. The van der Waals surface area contributed by atoms with E-state index in [1.165, 1.54) is 11.6 Å². The van der Waals surface area contributed by atoms with Crippen molar-refractivity contribution in [2.24, 2.45) is 5.92 Å². The van der Waals surface area contributed by atoms with E-state index in [0.29, 0.717) is 12.5 Å². The van der Waals surface area contributed by atoms with Gasteiger partial charge in [-0.25, -0.2) is 0 Å². The Morgan fingerprint density at radius 3 is 2.61 bits per heavy atom. The Labute approximate surface area is 138 Å². The van der Waals surface area contributed by atoms with E-state index >= 15 is 0 Å². The lowest BCUT2D eigenvalue weighted by Crippen LogP contribution is -2.08. The molecule has 23 heavy (non-hydrogen) atoms. The maximum Gasteiger partial charge on any atom is 0.248 e. The van der Waals surface area contributed by atoms with Gasteiger partial charge in [0.15, 0.2) is 0 Å². The highest BCUT2D eigenvalue weighted by Gasteiger charge is 2.01. The summed E-state index contributed by atoms with van der Waals surface area (Å²) >= 11 is 0. The SMILES string of the molecule is Cc1ccc(/C=C/C(=O)Nc2cccc(OCC(C)C)c2)cc1. The van der Waals surface area contributed by atoms with E-state index in [-0.39, 0.29) is 5.91 Å². The molecule has 1 amide bonds. The van der Waals surface area contributed by atoms with Crippen molar-refractivity contribution in [2.75, 3.05) is 11.9 Å². The number of nitrogens with one attached hydrogen (secondary N) is 1. The molecular formula is C20H23NO2. The number of aryl methyl sites for hydroxylation is 1. The normalized spacial score (nSPS) is 11.0. The largest absolute Gasteiger partial charge is 0.493 e. The molecule has 2 aromatic rings. The van der Waals surface area contributed by atoms with Gasteiger partial charge in [0.2, 0.25) is 5.91 Å². The minimum absolute atomic E-state index is 0.161. The fourth-order valence-electron chi connectivity index (χ4n) is 1.96. The molecule has 0 bridgehead atoms. The smallest absolute Gasteiger partial charge is 0.248 e. The van der Waals surface area contributed by atoms with Gasteiger partial charge < -0.3 is 10.1 Å². The van der Waals surface area contributed by atoms with Crippen molar-refractivity contribution in [1.82, 2.24) is 0 Å². The second-order valence-electron chi connectivity index (χ2n) is 5.97. The number of benzene rings is 2. The van der Waals surface area contributed by atoms with Crippen LogP contribution in [-0.4, -0.2) is 12.5 Å². The lowest BCUT2D eigenvalue weighted by Gasteiger charge is -2.10. The highest BCUT2D eigenvalue weighted by molar-refractivity contribution is 6.02. The van der Waals surface area contributed by atoms with Crippen LogP contribution < -0.4 is 10.1 Å². The Morgan fingerprint density at radius 1 is 1.17 bits per heavy atom. The van der Waals surface area contributed by atoms with E-state index in [1.54, 1.807) is 6.08 Å². The first-order chi connectivity index (χ1) is 11.0. The summed E-state index contributed by atoms with van der Waals surface area (Å²) in [5.41, 5.74) is 2.93. The first-order valence-corrected chi connectivity index (χ1v) is 7.81. The monoisotopic (exact) mass is 309 g/mol. The van der Waals surface area contributed by atoms with Crippen LogP contribution in [0.25, 0.3) is 6.08 Å². The molecule has 0 aliphatic heterocycles. The van der Waals surface area contributed by atoms with E-state index in [9.17, 15) is 4.79 Å². The topological polar surface area (TPSA) is 38.3 Å². The quantitative estimate of drug-likeness (QED) is 0.787. The first kappa shape index (κ1) is 16.8. The molecule has 0 aliphatic rings. The molecule has 0 unspecified atom stereocenters. The van der Waals surface area contributed by atoms with E-state index < -0.39 is 0 Å². The lowest BCUT2D eigenvalue weighted by atomic mass is 10.1. The first-order valence-electron chi connectivity index (χ1n) is 7.81. The summed E-state index contributed by atoms with van der Waals surface area (Å²) < 4.78 is 5.66. The van der Waals surface area contributed by atoms with Gasteiger partial charge >= 0.3 is 0 Å². The third-order valence-electron chi connectivity index (χ3n) is 3.19. The average Bonchev–Trinajstić information content (AvgIpc) is 2.53. The van der Waals surface area contributed by atoms with Gasteiger partial charge in [-0.05, 0) is 36.6 Å². The third kappa shape index (κ3) is 5.99. The predicted molar refractivity (Wildman–Crippen MR) is 95.6 cm³/mol. The predicted octanol–water partition coefficient (Wildman–Crippen LogP) is 4.68. The molecule has 0 aromatic heterocycles. The fraction of sp³-hybridized carbons (Fsp3) is 0.250. The number of hydrogen-bond donors (Lipinski definition) is 1. The van der Waals surface area contributed by atoms with E-state index in [2.05, 4.69) is 19.2 Å². The number of anilines is 1. The van der Waals surface area contributed by atoms with Gasteiger partial charge in [0.1, 0.15) is 5.75 Å². The molecule has 0 radical (unpaired) electrons. The van der Waals surface area contributed by atoms with Crippen molar-refractivity contribution in [3.05, 3.63) is 65.7 Å². The number of rotatable bonds is 6. The van der Waals surface area contributed by atoms with Crippen molar-refractivity contribution < 1.29 is 9.53 Å². The second-order valence-corrected chi connectivity index (χ2v) is 5.97. The summed E-state index contributed by atoms with van der Waals surface area (Å²) in [7, 11) is 0. The Kier molecular flexibility index (Phi) is 5.98. The van der Waals surface area contributed by atoms with Crippen LogP contribution in [0.2, 0.25) is 0 Å². The fourth-order valence-corrected chi connectivity index (χ4v) is 1.96. The summed E-state index contributed by atoms with van der Waals surface area (Å²) in [5.74, 6) is 1.07. The average molecular weight is 309 g/mol. The molecule has 0 spiro atoms. The zero-order valence-corrected chi connectivity index (χ0v) is 13.9. The molecule has 2 aromatic carbocycles. The standard InChI is InChI=1S/C20H23NO2/c1-15(2)14-23-19-6-4-5-18(13-19)21-20(22)12-11-17-9-7-16(3)8-10-17/h4-13,15H,14H2,1-3H3,(H,21,22)/b12-11+. The van der Waals surface area contributed by atoms with Gasteiger partial charge in [-0.2, -0.15) is 0 Å². The van der Waals surface area contributed by atoms with Crippen molar-refractivity contribution in [2.45, 2.75) is 20.8 Å². The molecule has 0 atom stereocenters. The minimum Gasteiger partial charge on any atom is -0.493 e. The van der Waals surface area contributed by atoms with Gasteiger partial charge in [0.05, 0.1) is 6.61 Å². The van der Waals surface area contributed by atoms with E-state index in [0.717, 1.165) is 17.0 Å². The lowest BCUT2D eigenvalue weighted by molar-refractivity contribution is -0.111. The molecule has 0 fully saturated rings. The zero-order chi connectivity index (χ0) is 16.7. The van der Waals surface area contributed by atoms with Crippen LogP contribution >= 0.6 is 0 Å². The van der Waals surface area contributed by atoms with Crippen LogP contribution in [0.5, 0.6) is 5.75 Å². The van der Waals surface area contributed by atoms with Crippen LogP contribution in [0.1, 0.15) is 25.0 Å². The summed E-state index contributed by atoms with van der Waals surface area (Å²) in [6.07, 6.45) is 3.33. The molecule has 3 heteroatoms. The van der Waals surface area contributed by atoms with Gasteiger partial charge in [-0.1, -0.05) is 49.7 Å². The zero-order valence-electron chi connectivity index (χ0n) is 13.9. The van der Waals surface area contributed by atoms with Crippen LogP contribution in [0.15, 0.2) is 54.6 Å². The summed E-state index contributed by atoms with van der Waals surface area (Å²) in [6.45, 7) is 6.89. The molecule has 1 N–H and O–H groups in total. The van der Waals surface area contributed by atoms with Gasteiger partial charge in [-0.15, -0.1) is 0 Å². The molecule has 120 valence electrons. The van der Waals surface area contributed by atoms with E-state index in [1.807, 2.05) is 55.5 Å². The molecular weight excluding hydrogens is 286 g/mol. The van der Waals surface area contributed by atoms with Gasteiger partial charge in [-0.3, -0.25) is 4.79 Å². The number of ether oxygens (including phenoxy) is 1. The summed E-state index contributed by atoms with van der Waals surface area (Å²) in [4.78, 5) is 12.0. The van der Waals surface area contributed by atoms with Crippen LogP contribution in [0.3, 0.4) is 0 Å². The summed E-state index contributed by atoms with van der Waals surface area (Å²) in [5, 5.41) is 2.85. The van der Waals surface area contributed by atoms with Crippen molar-refractivity contribution in [3.63, 3.8) is 0 Å². The van der Waals surface area contributed by atoms with Crippen LogP contribution in [0.4, 0.5) is 5.69 Å². The Hall–Kier alpha value is -2.55. The van der Waals surface area contributed by atoms with Gasteiger partial charge in [0.25, 0.3) is 0 Å². The number of amides is 1. The van der Waals surface area contributed by atoms with Gasteiger partial charge in [0, 0.05) is 17.8 Å². The minimum atomic E-state index is -0.161. The van der Waals surface area contributed by atoms with Crippen molar-refractivity contribution in [3.8, 4) is 5.75 Å². The molecule has 0 saturated carbocycles. The number of carbonyl (C=O) groups excluding carboxylic acids is 1. The van der Waals surface area contributed by atoms with Crippen molar-refractivity contribution >= 4 is 17.7 Å². The molecule has 0 heterocycles. The molecule has 3 nitrogen and oxygen atoms in total. The summed E-state index contributed by atoms with van der Waals surface area (Å²) in [6, 6.07) is 15.5. The van der Waals surface area contributed by atoms with E-state index in [4.69, 9.17) is 4.74 Å². The Balaban J connectivity index is 1.94. The number of carbonyl (C=O) groups is 1. The van der Waals surface area contributed by atoms with Crippen LogP contribution in [-0.2, 0) is 4.79 Å². The highest BCUT2D eigenvalue weighted by Crippen LogP contribution is 2.18. The highest BCUT2D eigenvalue weighted by atomic mass is 16.5. The van der Waals surface area contributed by atoms with Crippen LogP contribution in [0, 0.1) is 12.8 Å². The maximum absolute atomic E-state index is 12.0. The molecule has 2 rings (SSSR count).